The van der Waals surface area contributed by atoms with Crippen molar-refractivity contribution in [3.05, 3.63) is 89.5 Å². The average Bonchev–Trinajstić information content (AvgIpc) is 2.71. The first-order valence-corrected chi connectivity index (χ1v) is 9.07. The van der Waals surface area contributed by atoms with E-state index in [1.54, 1.807) is 18.2 Å². The molecule has 0 aliphatic heterocycles. The molecule has 3 aromatic carbocycles. The van der Waals surface area contributed by atoms with E-state index in [1.165, 1.54) is 6.08 Å². The van der Waals surface area contributed by atoms with E-state index >= 15 is 0 Å². The van der Waals surface area contributed by atoms with Gasteiger partial charge in [0.1, 0.15) is 0 Å². The summed E-state index contributed by atoms with van der Waals surface area (Å²) in [7, 11) is 0. The molecule has 3 rings (SSSR count). The molecule has 0 aromatic heterocycles. The first-order valence-electron chi connectivity index (χ1n) is 8.67. The van der Waals surface area contributed by atoms with E-state index in [0.717, 1.165) is 21.9 Å². The van der Waals surface area contributed by atoms with Crippen LogP contribution in [0.4, 0.5) is 0 Å². The fourth-order valence-corrected chi connectivity index (χ4v) is 2.79. The van der Waals surface area contributed by atoms with Crippen molar-refractivity contribution in [3.63, 3.8) is 0 Å². The zero-order valence-electron chi connectivity index (χ0n) is 15.2. The monoisotopic (exact) mass is 389 g/mol. The summed E-state index contributed by atoms with van der Waals surface area (Å²) < 4.78 is 0. The van der Waals surface area contributed by atoms with E-state index < -0.39 is 5.91 Å². The fraction of sp³-hybridized carbons (Fsp3) is 0.0455. The highest BCUT2D eigenvalue weighted by Crippen LogP contribution is 2.19. The minimum atomic E-state index is -0.394. The van der Waals surface area contributed by atoms with Gasteiger partial charge in [-0.1, -0.05) is 60.2 Å². The minimum Gasteiger partial charge on any atom is -0.298 e. The SMILES string of the molecule is Cc1ccc(C(=O)NNC(=S)NC(=O)C=Cc2cccc3ccccc23)cc1. The third-order valence-electron chi connectivity index (χ3n) is 4.08. The van der Waals surface area contributed by atoms with Crippen molar-refractivity contribution in [2.45, 2.75) is 6.92 Å². The largest absolute Gasteiger partial charge is 0.298 e. The number of rotatable bonds is 3. The molecule has 28 heavy (non-hydrogen) atoms. The van der Waals surface area contributed by atoms with Gasteiger partial charge in [0, 0.05) is 11.6 Å². The fourth-order valence-electron chi connectivity index (χ4n) is 2.64. The molecule has 6 heteroatoms. The predicted octanol–water partition coefficient (Wildman–Crippen LogP) is 3.50. The molecule has 0 saturated carbocycles. The van der Waals surface area contributed by atoms with Crippen LogP contribution in [-0.4, -0.2) is 16.9 Å². The molecule has 2 amide bonds. The maximum absolute atomic E-state index is 12.1. The van der Waals surface area contributed by atoms with Gasteiger partial charge in [-0.2, -0.15) is 0 Å². The summed E-state index contributed by atoms with van der Waals surface area (Å²) in [6, 6.07) is 20.9. The van der Waals surface area contributed by atoms with Crippen LogP contribution in [0.5, 0.6) is 0 Å². The van der Waals surface area contributed by atoms with Gasteiger partial charge in [0.15, 0.2) is 5.11 Å². The summed E-state index contributed by atoms with van der Waals surface area (Å²) in [5, 5.41) is 4.66. The van der Waals surface area contributed by atoms with Crippen LogP contribution >= 0.6 is 12.2 Å². The second-order valence-electron chi connectivity index (χ2n) is 6.17. The Morgan fingerprint density at radius 1 is 0.893 bits per heavy atom. The number of carbonyl (C=O) groups excluding carboxylic acids is 2. The second-order valence-corrected chi connectivity index (χ2v) is 6.57. The van der Waals surface area contributed by atoms with E-state index in [2.05, 4.69) is 16.2 Å². The standard InChI is InChI=1S/C22H19N3O2S/c1-15-9-11-18(12-10-15)21(27)24-25-22(28)23-20(26)14-13-17-7-4-6-16-5-2-3-8-19(16)17/h2-14H,1H3,(H,24,27)(H2,23,25,26,28). The van der Waals surface area contributed by atoms with Crippen molar-refractivity contribution in [1.82, 2.24) is 16.2 Å². The van der Waals surface area contributed by atoms with Crippen LogP contribution in [0.1, 0.15) is 21.5 Å². The number of nitrogens with one attached hydrogen (secondary N) is 3. The topological polar surface area (TPSA) is 70.2 Å². The molecule has 3 aromatic rings. The normalized spacial score (nSPS) is 10.6. The molecule has 140 valence electrons. The number of hydrogen-bond acceptors (Lipinski definition) is 3. The molecule has 0 heterocycles. The molecule has 0 radical (unpaired) electrons. The number of hydrogen-bond donors (Lipinski definition) is 3. The van der Waals surface area contributed by atoms with Crippen molar-refractivity contribution < 1.29 is 9.59 Å². The number of fused-ring (bicyclic) bond motifs is 1. The lowest BCUT2D eigenvalue weighted by Crippen LogP contribution is -2.48. The summed E-state index contributed by atoms with van der Waals surface area (Å²) in [5.41, 5.74) is 7.45. The van der Waals surface area contributed by atoms with Gasteiger partial charge in [-0.15, -0.1) is 0 Å². The predicted molar refractivity (Wildman–Crippen MR) is 116 cm³/mol. The van der Waals surface area contributed by atoms with Crippen molar-refractivity contribution >= 4 is 46.0 Å². The van der Waals surface area contributed by atoms with Gasteiger partial charge < -0.3 is 0 Å². The second kappa shape index (κ2) is 8.92. The molecule has 0 bridgehead atoms. The highest BCUT2D eigenvalue weighted by molar-refractivity contribution is 7.80. The summed E-state index contributed by atoms with van der Waals surface area (Å²) >= 11 is 5.04. The molecule has 3 N–H and O–H groups in total. The third kappa shape index (κ3) is 5.02. The number of amides is 2. The van der Waals surface area contributed by atoms with Gasteiger partial charge in [-0.3, -0.25) is 25.8 Å². The van der Waals surface area contributed by atoms with E-state index in [4.69, 9.17) is 12.2 Å². The number of hydrazine groups is 1. The maximum atomic E-state index is 12.1. The summed E-state index contributed by atoms with van der Waals surface area (Å²) in [6.07, 6.45) is 3.13. The lowest BCUT2D eigenvalue weighted by atomic mass is 10.0. The van der Waals surface area contributed by atoms with Crippen LogP contribution in [0.3, 0.4) is 0 Å². The summed E-state index contributed by atoms with van der Waals surface area (Å²) in [6.45, 7) is 1.94. The molecular formula is C22H19N3O2S. The van der Waals surface area contributed by atoms with Gasteiger partial charge in [0.25, 0.3) is 5.91 Å². The first kappa shape index (κ1) is 19.3. The highest BCUT2D eigenvalue weighted by Gasteiger charge is 2.06. The average molecular weight is 389 g/mol. The molecular weight excluding hydrogens is 370 g/mol. The maximum Gasteiger partial charge on any atom is 0.269 e. The Kier molecular flexibility index (Phi) is 6.14. The lowest BCUT2D eigenvalue weighted by Gasteiger charge is -2.10. The molecule has 5 nitrogen and oxygen atoms in total. The lowest BCUT2D eigenvalue weighted by molar-refractivity contribution is -0.115. The third-order valence-corrected chi connectivity index (χ3v) is 4.28. The van der Waals surface area contributed by atoms with Gasteiger partial charge in [0.05, 0.1) is 0 Å². The number of benzene rings is 3. The van der Waals surface area contributed by atoms with Crippen LogP contribution < -0.4 is 16.2 Å². The van der Waals surface area contributed by atoms with Crippen LogP contribution in [0.2, 0.25) is 0 Å². The van der Waals surface area contributed by atoms with E-state index in [-0.39, 0.29) is 11.0 Å². The molecule has 0 atom stereocenters. The molecule has 0 aliphatic carbocycles. The van der Waals surface area contributed by atoms with Crippen molar-refractivity contribution in [3.8, 4) is 0 Å². The number of carbonyl (C=O) groups is 2. The molecule has 0 spiro atoms. The van der Waals surface area contributed by atoms with E-state index in [1.807, 2.05) is 61.5 Å². The van der Waals surface area contributed by atoms with Gasteiger partial charge in [-0.25, -0.2) is 0 Å². The quantitative estimate of drug-likeness (QED) is 0.364. The Labute approximate surface area is 168 Å². The zero-order valence-corrected chi connectivity index (χ0v) is 16.0. The Balaban J connectivity index is 1.54. The zero-order chi connectivity index (χ0) is 19.9. The Morgan fingerprint density at radius 2 is 1.61 bits per heavy atom. The van der Waals surface area contributed by atoms with Crippen LogP contribution in [0.15, 0.2) is 72.8 Å². The van der Waals surface area contributed by atoms with Crippen molar-refractivity contribution in [2.75, 3.05) is 0 Å². The molecule has 0 unspecified atom stereocenters. The molecule has 0 aliphatic rings. The molecule has 0 saturated heterocycles. The summed E-state index contributed by atoms with van der Waals surface area (Å²) in [5.74, 6) is -0.738. The summed E-state index contributed by atoms with van der Waals surface area (Å²) in [4.78, 5) is 24.1. The van der Waals surface area contributed by atoms with Gasteiger partial charge in [-0.05, 0) is 53.7 Å². The van der Waals surface area contributed by atoms with Gasteiger partial charge in [0.2, 0.25) is 5.91 Å². The van der Waals surface area contributed by atoms with Crippen LogP contribution in [0, 0.1) is 6.92 Å². The Morgan fingerprint density at radius 3 is 2.39 bits per heavy atom. The van der Waals surface area contributed by atoms with Crippen LogP contribution in [-0.2, 0) is 4.79 Å². The first-order chi connectivity index (χ1) is 13.5. The van der Waals surface area contributed by atoms with Crippen molar-refractivity contribution in [1.29, 1.82) is 0 Å². The van der Waals surface area contributed by atoms with E-state index in [9.17, 15) is 9.59 Å². The highest BCUT2D eigenvalue weighted by atomic mass is 32.1. The Bertz CT molecular complexity index is 1050. The minimum absolute atomic E-state index is 0.00744. The van der Waals surface area contributed by atoms with Gasteiger partial charge >= 0.3 is 0 Å². The van der Waals surface area contributed by atoms with Crippen LogP contribution in [0.25, 0.3) is 16.8 Å². The number of thiocarbonyl (C=S) groups is 1. The Hall–Kier alpha value is -3.51. The number of aryl methyl sites for hydroxylation is 1. The van der Waals surface area contributed by atoms with Crippen molar-refractivity contribution in [2.24, 2.45) is 0 Å². The van der Waals surface area contributed by atoms with E-state index in [0.29, 0.717) is 5.56 Å². The molecule has 0 fully saturated rings. The smallest absolute Gasteiger partial charge is 0.269 e.